The molecule has 0 saturated carbocycles. The van der Waals surface area contributed by atoms with E-state index in [1.165, 1.54) is 11.3 Å². The molecule has 0 bridgehead atoms. The topological polar surface area (TPSA) is 96.7 Å². The number of anilines is 1. The highest BCUT2D eigenvalue weighted by Crippen LogP contribution is 2.19. The summed E-state index contributed by atoms with van der Waals surface area (Å²) in [6, 6.07) is 7.30. The van der Waals surface area contributed by atoms with Crippen LogP contribution in [0.25, 0.3) is 10.9 Å². The lowest BCUT2D eigenvalue weighted by molar-refractivity contribution is -0.117. The fraction of sp³-hybridized carbons (Fsp3) is 0.154. The van der Waals surface area contributed by atoms with Gasteiger partial charge < -0.3 is 10.7 Å². The molecule has 6 nitrogen and oxygen atoms in total. The summed E-state index contributed by atoms with van der Waals surface area (Å²) in [6.07, 6.45) is 2.36. The minimum absolute atomic E-state index is 0. The van der Waals surface area contributed by atoms with Gasteiger partial charge in [-0.2, -0.15) is 0 Å². The number of carbonyl (C=O) groups excluding carboxylic acids is 1. The lowest BCUT2D eigenvalue weighted by Crippen LogP contribution is -2.37. The standard InChI is InChI=1S/C13H13N5OS.ClH/c14-10(12(19)17-13-18-16-7-20-13)5-8-6-15-11-4-2-1-3-9(8)11;/h1-4,6-7,10,15H,5,14H2,(H,17,18,19);1H/t10-;/m0./s1. The molecule has 0 spiro atoms. The number of amides is 1. The highest BCUT2D eigenvalue weighted by molar-refractivity contribution is 7.13. The van der Waals surface area contributed by atoms with Crippen molar-refractivity contribution in [1.29, 1.82) is 0 Å². The van der Waals surface area contributed by atoms with Crippen LogP contribution in [0, 0.1) is 0 Å². The first-order chi connectivity index (χ1) is 9.74. The predicted molar refractivity (Wildman–Crippen MR) is 85.8 cm³/mol. The lowest BCUT2D eigenvalue weighted by Gasteiger charge is -2.09. The maximum Gasteiger partial charge on any atom is 0.243 e. The van der Waals surface area contributed by atoms with Gasteiger partial charge in [0.1, 0.15) is 5.51 Å². The molecule has 3 aromatic rings. The van der Waals surface area contributed by atoms with Crippen molar-refractivity contribution in [3.63, 3.8) is 0 Å². The molecule has 1 amide bonds. The van der Waals surface area contributed by atoms with Gasteiger partial charge >= 0.3 is 0 Å². The van der Waals surface area contributed by atoms with E-state index in [-0.39, 0.29) is 18.3 Å². The van der Waals surface area contributed by atoms with Crippen molar-refractivity contribution < 1.29 is 4.79 Å². The summed E-state index contributed by atoms with van der Waals surface area (Å²) in [5.41, 5.74) is 9.57. The molecule has 1 atom stereocenters. The molecule has 0 fully saturated rings. The number of carbonyl (C=O) groups is 1. The van der Waals surface area contributed by atoms with Crippen LogP contribution in [-0.2, 0) is 11.2 Å². The highest BCUT2D eigenvalue weighted by Gasteiger charge is 2.17. The second kappa shape index (κ2) is 6.66. The summed E-state index contributed by atoms with van der Waals surface area (Å²) in [5, 5.41) is 11.6. The summed E-state index contributed by atoms with van der Waals surface area (Å²) in [6.45, 7) is 0. The van der Waals surface area contributed by atoms with Gasteiger partial charge in [-0.25, -0.2) is 0 Å². The minimum Gasteiger partial charge on any atom is -0.361 e. The van der Waals surface area contributed by atoms with Crippen molar-refractivity contribution in [3.05, 3.63) is 41.5 Å². The molecule has 8 heteroatoms. The van der Waals surface area contributed by atoms with Gasteiger partial charge in [0.25, 0.3) is 0 Å². The van der Waals surface area contributed by atoms with Crippen molar-refractivity contribution in [2.75, 3.05) is 5.32 Å². The highest BCUT2D eigenvalue weighted by atomic mass is 35.5. The average Bonchev–Trinajstić information content (AvgIpc) is 3.09. The Morgan fingerprint density at radius 1 is 1.43 bits per heavy atom. The SMILES string of the molecule is Cl.N[C@@H](Cc1c[nH]c2ccccc12)C(=O)Nc1nncs1. The van der Waals surface area contributed by atoms with E-state index in [2.05, 4.69) is 20.5 Å². The molecular formula is C13H14ClN5OS. The number of nitrogens with zero attached hydrogens (tertiary/aromatic N) is 2. The van der Waals surface area contributed by atoms with Crippen molar-refractivity contribution in [3.8, 4) is 0 Å². The van der Waals surface area contributed by atoms with E-state index in [1.807, 2.05) is 30.5 Å². The molecule has 4 N–H and O–H groups in total. The van der Waals surface area contributed by atoms with Crippen LogP contribution in [0.2, 0.25) is 0 Å². The van der Waals surface area contributed by atoms with Crippen LogP contribution in [0.5, 0.6) is 0 Å². The monoisotopic (exact) mass is 323 g/mol. The zero-order chi connectivity index (χ0) is 13.9. The average molecular weight is 324 g/mol. The Morgan fingerprint density at radius 2 is 2.24 bits per heavy atom. The number of aromatic amines is 1. The van der Waals surface area contributed by atoms with Crippen LogP contribution >= 0.6 is 23.7 Å². The van der Waals surface area contributed by atoms with Crippen LogP contribution in [0.15, 0.2) is 36.0 Å². The molecular weight excluding hydrogens is 310 g/mol. The number of nitrogens with one attached hydrogen (secondary N) is 2. The Morgan fingerprint density at radius 3 is 3.00 bits per heavy atom. The molecule has 21 heavy (non-hydrogen) atoms. The molecule has 1 aromatic carbocycles. The number of benzene rings is 1. The molecule has 0 aliphatic rings. The zero-order valence-electron chi connectivity index (χ0n) is 10.9. The van der Waals surface area contributed by atoms with Gasteiger partial charge in [-0.05, 0) is 18.1 Å². The number of rotatable bonds is 4. The van der Waals surface area contributed by atoms with Gasteiger partial charge in [-0.1, -0.05) is 29.5 Å². The molecule has 0 radical (unpaired) electrons. The quantitative estimate of drug-likeness (QED) is 0.683. The van der Waals surface area contributed by atoms with Gasteiger partial charge in [0.05, 0.1) is 6.04 Å². The molecule has 0 aliphatic heterocycles. The normalized spacial score (nSPS) is 11.9. The minimum atomic E-state index is -0.627. The number of hydrogen-bond acceptors (Lipinski definition) is 5. The number of fused-ring (bicyclic) bond motifs is 1. The second-order valence-corrected chi connectivity index (χ2v) is 5.24. The van der Waals surface area contributed by atoms with Gasteiger partial charge in [0.2, 0.25) is 11.0 Å². The number of halogens is 1. The van der Waals surface area contributed by atoms with Gasteiger partial charge in [0, 0.05) is 17.1 Å². The summed E-state index contributed by atoms with van der Waals surface area (Å²) >= 11 is 1.26. The maximum atomic E-state index is 12.0. The fourth-order valence-corrected chi connectivity index (χ4v) is 2.50. The second-order valence-electron chi connectivity index (χ2n) is 4.40. The van der Waals surface area contributed by atoms with E-state index >= 15 is 0 Å². The first-order valence-corrected chi connectivity index (χ1v) is 6.99. The number of nitrogens with two attached hydrogens (primary N) is 1. The maximum absolute atomic E-state index is 12.0. The first-order valence-electron chi connectivity index (χ1n) is 6.11. The van der Waals surface area contributed by atoms with E-state index in [0.717, 1.165) is 16.5 Å². The first kappa shape index (κ1) is 15.4. The third kappa shape index (κ3) is 3.38. The summed E-state index contributed by atoms with van der Waals surface area (Å²) in [7, 11) is 0. The number of para-hydroxylation sites is 1. The van der Waals surface area contributed by atoms with Crippen molar-refractivity contribution >= 4 is 45.7 Å². The van der Waals surface area contributed by atoms with E-state index < -0.39 is 6.04 Å². The predicted octanol–water partition coefficient (Wildman–Crippen LogP) is 1.95. The summed E-state index contributed by atoms with van der Waals surface area (Å²) < 4.78 is 0. The van der Waals surface area contributed by atoms with Crippen LogP contribution in [-0.4, -0.2) is 27.1 Å². The molecule has 0 aliphatic carbocycles. The number of hydrogen-bond donors (Lipinski definition) is 3. The largest absolute Gasteiger partial charge is 0.361 e. The third-order valence-electron chi connectivity index (χ3n) is 3.04. The zero-order valence-corrected chi connectivity index (χ0v) is 12.6. The molecule has 2 aromatic heterocycles. The molecule has 110 valence electrons. The van der Waals surface area contributed by atoms with E-state index in [9.17, 15) is 4.79 Å². The van der Waals surface area contributed by atoms with Crippen LogP contribution < -0.4 is 11.1 Å². The smallest absolute Gasteiger partial charge is 0.243 e. The van der Waals surface area contributed by atoms with E-state index in [0.29, 0.717) is 11.6 Å². The summed E-state index contributed by atoms with van der Waals surface area (Å²) in [4.78, 5) is 15.1. The molecule has 0 unspecified atom stereocenters. The third-order valence-corrected chi connectivity index (χ3v) is 3.65. The number of aromatic nitrogens is 3. The Kier molecular flexibility index (Phi) is 4.89. The van der Waals surface area contributed by atoms with Gasteiger partial charge in [0.15, 0.2) is 0 Å². The molecule has 0 saturated heterocycles. The van der Waals surface area contributed by atoms with Crippen LogP contribution in [0.4, 0.5) is 5.13 Å². The van der Waals surface area contributed by atoms with Crippen molar-refractivity contribution in [1.82, 2.24) is 15.2 Å². The van der Waals surface area contributed by atoms with Crippen LogP contribution in [0.3, 0.4) is 0 Å². The fourth-order valence-electron chi connectivity index (χ4n) is 2.06. The number of H-pyrrole nitrogens is 1. The van der Waals surface area contributed by atoms with E-state index in [1.54, 1.807) is 5.51 Å². The lowest BCUT2D eigenvalue weighted by atomic mass is 10.1. The van der Waals surface area contributed by atoms with Crippen molar-refractivity contribution in [2.45, 2.75) is 12.5 Å². The molecule has 3 rings (SSSR count). The molecule has 2 heterocycles. The summed E-state index contributed by atoms with van der Waals surface area (Å²) in [5.74, 6) is -0.257. The Hall–Kier alpha value is -1.96. The Labute approximate surface area is 131 Å². The van der Waals surface area contributed by atoms with E-state index in [4.69, 9.17) is 5.73 Å². The Balaban J connectivity index is 0.00000161. The Bertz CT molecular complexity index is 727. The van der Waals surface area contributed by atoms with Crippen molar-refractivity contribution in [2.24, 2.45) is 5.73 Å². The van der Waals surface area contributed by atoms with Gasteiger partial charge in [-0.3, -0.25) is 10.1 Å². The van der Waals surface area contributed by atoms with Gasteiger partial charge in [-0.15, -0.1) is 22.6 Å². The van der Waals surface area contributed by atoms with Crippen LogP contribution in [0.1, 0.15) is 5.56 Å².